The van der Waals surface area contributed by atoms with Gasteiger partial charge >= 0.3 is 10.1 Å². The molecule has 0 unspecified atom stereocenters. The second-order valence-electron chi connectivity index (χ2n) is 4.68. The van der Waals surface area contributed by atoms with Crippen LogP contribution in [0, 0.1) is 24.0 Å². The molecule has 0 heterocycles. The van der Waals surface area contributed by atoms with E-state index in [4.69, 9.17) is 4.18 Å². The number of halogens is 1. The van der Waals surface area contributed by atoms with Crippen molar-refractivity contribution in [2.24, 2.45) is 0 Å². The van der Waals surface area contributed by atoms with Gasteiger partial charge in [0.15, 0.2) is 5.75 Å². The predicted octanol–water partition coefficient (Wildman–Crippen LogP) is 3.74. The first-order chi connectivity index (χ1) is 10.2. The van der Waals surface area contributed by atoms with Crippen LogP contribution in [0.1, 0.15) is 11.1 Å². The van der Waals surface area contributed by atoms with Crippen LogP contribution in [0.15, 0.2) is 45.8 Å². The van der Waals surface area contributed by atoms with Gasteiger partial charge < -0.3 is 4.18 Å². The lowest BCUT2D eigenvalue weighted by atomic mass is 10.2. The van der Waals surface area contributed by atoms with Gasteiger partial charge in [0, 0.05) is 11.6 Å². The van der Waals surface area contributed by atoms with E-state index in [0.717, 1.165) is 11.6 Å². The highest BCUT2D eigenvalue weighted by atomic mass is 79.9. The lowest BCUT2D eigenvalue weighted by molar-refractivity contribution is -0.385. The van der Waals surface area contributed by atoms with Crippen molar-refractivity contribution < 1.29 is 17.5 Å². The second kappa shape index (κ2) is 6.05. The maximum atomic E-state index is 12.3. The van der Waals surface area contributed by atoms with E-state index in [1.54, 1.807) is 12.1 Å². The Morgan fingerprint density at radius 3 is 2.41 bits per heavy atom. The largest absolute Gasteiger partial charge is 0.378 e. The number of hydrogen-bond donors (Lipinski definition) is 0. The quantitative estimate of drug-likeness (QED) is 0.454. The summed E-state index contributed by atoms with van der Waals surface area (Å²) < 4.78 is 30.1. The average molecular weight is 386 g/mol. The maximum absolute atomic E-state index is 12.3. The first kappa shape index (κ1) is 16.4. The van der Waals surface area contributed by atoms with Crippen molar-refractivity contribution in [1.29, 1.82) is 0 Å². The summed E-state index contributed by atoms with van der Waals surface area (Å²) in [5, 5.41) is 10.9. The van der Waals surface area contributed by atoms with Crippen molar-refractivity contribution in [1.82, 2.24) is 0 Å². The molecule has 2 aromatic carbocycles. The normalized spacial score (nSPS) is 11.2. The Kier molecular flexibility index (Phi) is 4.52. The molecular formula is C14H12BrNO5S. The smallest absolute Gasteiger partial charge is 0.339 e. The van der Waals surface area contributed by atoms with Gasteiger partial charge in [0.2, 0.25) is 0 Å². The molecule has 116 valence electrons. The number of rotatable bonds is 4. The number of hydrogen-bond acceptors (Lipinski definition) is 5. The molecule has 0 atom stereocenters. The number of benzene rings is 2. The Bertz CT molecular complexity index is 848. The number of nitrogens with zero attached hydrogens (tertiary/aromatic N) is 1. The van der Waals surface area contributed by atoms with Crippen LogP contribution >= 0.6 is 15.9 Å². The van der Waals surface area contributed by atoms with E-state index >= 15 is 0 Å². The summed E-state index contributed by atoms with van der Waals surface area (Å²) in [6.07, 6.45) is 0. The zero-order valence-corrected chi connectivity index (χ0v) is 14.1. The van der Waals surface area contributed by atoms with Crippen molar-refractivity contribution in [3.05, 3.63) is 62.1 Å². The molecule has 0 N–H and O–H groups in total. The van der Waals surface area contributed by atoms with Gasteiger partial charge in [0.05, 0.1) is 9.40 Å². The van der Waals surface area contributed by atoms with Gasteiger partial charge in [0.25, 0.3) is 5.69 Å². The average Bonchev–Trinajstić information content (AvgIpc) is 2.42. The van der Waals surface area contributed by atoms with Gasteiger partial charge in [0.1, 0.15) is 4.90 Å². The van der Waals surface area contributed by atoms with Gasteiger partial charge in [-0.05, 0) is 53.5 Å². The highest BCUT2D eigenvalue weighted by molar-refractivity contribution is 9.10. The fraction of sp³-hybridized carbons (Fsp3) is 0.143. The number of nitro benzene ring substituents is 1. The molecule has 0 saturated heterocycles. The van der Waals surface area contributed by atoms with Gasteiger partial charge in [-0.15, -0.1) is 0 Å². The fourth-order valence-corrected chi connectivity index (χ4v) is 3.43. The summed E-state index contributed by atoms with van der Waals surface area (Å²) in [6.45, 7) is 3.39. The summed E-state index contributed by atoms with van der Waals surface area (Å²) in [4.78, 5) is 10.0. The van der Waals surface area contributed by atoms with Crippen LogP contribution in [0.25, 0.3) is 0 Å². The molecule has 8 heteroatoms. The zero-order valence-electron chi connectivity index (χ0n) is 11.7. The third kappa shape index (κ3) is 3.45. The van der Waals surface area contributed by atoms with Crippen molar-refractivity contribution in [3.8, 4) is 5.75 Å². The molecule has 0 aliphatic carbocycles. The van der Waals surface area contributed by atoms with Gasteiger partial charge in [-0.2, -0.15) is 8.42 Å². The standard InChI is InChI=1S/C14H12BrNO5S/c1-9-3-6-14(12(15)7-9)21-22(19,20)11-5-4-10(2)13(8-11)16(17)18/h3-8H,1-2H3. The fourth-order valence-electron chi connectivity index (χ4n) is 1.78. The molecule has 0 bridgehead atoms. The molecule has 0 fully saturated rings. The molecule has 22 heavy (non-hydrogen) atoms. The first-order valence-corrected chi connectivity index (χ1v) is 8.36. The molecular weight excluding hydrogens is 374 g/mol. The lowest BCUT2D eigenvalue weighted by Gasteiger charge is -2.09. The maximum Gasteiger partial charge on any atom is 0.339 e. The molecule has 0 saturated carbocycles. The van der Waals surface area contributed by atoms with Gasteiger partial charge in [-0.1, -0.05) is 12.1 Å². The zero-order chi connectivity index (χ0) is 16.5. The minimum atomic E-state index is -4.16. The van der Waals surface area contributed by atoms with Crippen LogP contribution in [0.3, 0.4) is 0 Å². The van der Waals surface area contributed by atoms with Gasteiger partial charge in [-0.3, -0.25) is 10.1 Å². The van der Waals surface area contributed by atoms with Crippen molar-refractivity contribution >= 4 is 31.7 Å². The molecule has 0 aliphatic heterocycles. The van der Waals surface area contributed by atoms with Crippen molar-refractivity contribution in [3.63, 3.8) is 0 Å². The second-order valence-corrected chi connectivity index (χ2v) is 7.08. The van der Waals surface area contributed by atoms with Crippen molar-refractivity contribution in [2.75, 3.05) is 0 Å². The highest BCUT2D eigenvalue weighted by Gasteiger charge is 2.22. The predicted molar refractivity (Wildman–Crippen MR) is 84.5 cm³/mol. The minimum Gasteiger partial charge on any atom is -0.378 e. The molecule has 6 nitrogen and oxygen atoms in total. The van der Waals surface area contributed by atoms with Crippen LogP contribution in [0.5, 0.6) is 5.75 Å². The summed E-state index contributed by atoms with van der Waals surface area (Å²) in [6, 6.07) is 8.57. The van der Waals surface area contributed by atoms with E-state index in [1.807, 2.05) is 6.92 Å². The third-order valence-corrected chi connectivity index (χ3v) is 4.80. The molecule has 2 aromatic rings. The first-order valence-electron chi connectivity index (χ1n) is 6.16. The van der Waals surface area contributed by atoms with E-state index in [0.29, 0.717) is 10.0 Å². The molecule has 0 amide bonds. The third-order valence-electron chi connectivity index (χ3n) is 2.95. The Hall–Kier alpha value is -1.93. The summed E-state index contributed by atoms with van der Waals surface area (Å²) >= 11 is 3.22. The molecule has 0 aliphatic rings. The van der Waals surface area contributed by atoms with Crippen molar-refractivity contribution in [2.45, 2.75) is 18.7 Å². The van der Waals surface area contributed by atoms with Crippen LogP contribution in [0.2, 0.25) is 0 Å². The number of aryl methyl sites for hydroxylation is 2. The summed E-state index contributed by atoms with van der Waals surface area (Å²) in [7, 11) is -4.16. The van der Waals surface area contributed by atoms with E-state index in [1.165, 1.54) is 25.1 Å². The monoisotopic (exact) mass is 385 g/mol. The Morgan fingerprint density at radius 2 is 1.82 bits per heavy atom. The number of nitro groups is 1. The molecule has 2 rings (SSSR count). The van der Waals surface area contributed by atoms with Crippen LogP contribution in [-0.4, -0.2) is 13.3 Å². The molecule has 0 aromatic heterocycles. The van der Waals surface area contributed by atoms with Crippen LogP contribution in [-0.2, 0) is 10.1 Å². The van der Waals surface area contributed by atoms with E-state index < -0.39 is 15.0 Å². The van der Waals surface area contributed by atoms with E-state index in [9.17, 15) is 18.5 Å². The van der Waals surface area contributed by atoms with E-state index in [-0.39, 0.29) is 16.3 Å². The highest BCUT2D eigenvalue weighted by Crippen LogP contribution is 2.30. The van der Waals surface area contributed by atoms with E-state index in [2.05, 4.69) is 15.9 Å². The lowest BCUT2D eigenvalue weighted by Crippen LogP contribution is -2.10. The Labute approximate surface area is 136 Å². The Balaban J connectivity index is 2.42. The SMILES string of the molecule is Cc1ccc(OS(=O)(=O)c2ccc(C)c([N+](=O)[O-])c2)c(Br)c1. The van der Waals surface area contributed by atoms with Crippen LogP contribution in [0.4, 0.5) is 5.69 Å². The topological polar surface area (TPSA) is 86.5 Å². The van der Waals surface area contributed by atoms with Gasteiger partial charge in [-0.25, -0.2) is 0 Å². The summed E-state index contributed by atoms with van der Waals surface area (Å²) in [5.41, 5.74) is 1.04. The molecule has 0 radical (unpaired) electrons. The Morgan fingerprint density at radius 1 is 1.14 bits per heavy atom. The van der Waals surface area contributed by atoms with Crippen LogP contribution < -0.4 is 4.18 Å². The molecule has 0 spiro atoms. The summed E-state index contributed by atoms with van der Waals surface area (Å²) in [5.74, 6) is 0.119. The minimum absolute atomic E-state index is 0.119.